The minimum absolute atomic E-state index is 0.0963. The van der Waals surface area contributed by atoms with Gasteiger partial charge in [0.1, 0.15) is 11.6 Å². The molecule has 0 saturated heterocycles. The number of imidazole rings is 1. The van der Waals surface area contributed by atoms with Gasteiger partial charge >= 0.3 is 0 Å². The van der Waals surface area contributed by atoms with Gasteiger partial charge in [-0.1, -0.05) is 6.92 Å². The molecule has 2 rings (SSSR count). The van der Waals surface area contributed by atoms with Crippen molar-refractivity contribution in [2.75, 3.05) is 7.05 Å². The molecule has 1 N–H and O–H groups in total. The maximum Gasteiger partial charge on any atom is 0.146 e. The van der Waals surface area contributed by atoms with Crippen molar-refractivity contribution in [3.63, 3.8) is 0 Å². The Kier molecular flexibility index (Phi) is 4.63. The lowest BCUT2D eigenvalue weighted by molar-refractivity contribution is 0.508. The van der Waals surface area contributed by atoms with Crippen molar-refractivity contribution < 1.29 is 4.39 Å². The molecule has 0 aromatic carbocycles. The van der Waals surface area contributed by atoms with Crippen LogP contribution in [0.4, 0.5) is 4.39 Å². The monoisotopic (exact) mass is 262 g/mol. The molecule has 0 saturated carbocycles. The highest BCUT2D eigenvalue weighted by Gasteiger charge is 2.16. The number of pyridine rings is 1. The van der Waals surface area contributed by atoms with Gasteiger partial charge in [0.05, 0.1) is 6.20 Å². The minimum Gasteiger partial charge on any atom is -0.335 e. The second-order valence-electron chi connectivity index (χ2n) is 4.48. The second kappa shape index (κ2) is 6.43. The molecule has 1 atom stereocenters. The van der Waals surface area contributed by atoms with Crippen LogP contribution in [0.25, 0.3) is 0 Å². The molecule has 2 aromatic heterocycles. The van der Waals surface area contributed by atoms with Gasteiger partial charge in [0.25, 0.3) is 0 Å². The third-order valence-electron chi connectivity index (χ3n) is 3.18. The molecule has 0 aliphatic heterocycles. The molecule has 0 spiro atoms. The summed E-state index contributed by atoms with van der Waals surface area (Å²) in [5.41, 5.74) is 0.628. The predicted octanol–water partition coefficient (Wildman–Crippen LogP) is 2.33. The van der Waals surface area contributed by atoms with E-state index in [4.69, 9.17) is 0 Å². The zero-order chi connectivity index (χ0) is 13.7. The van der Waals surface area contributed by atoms with E-state index in [2.05, 4.69) is 26.8 Å². The first-order valence-electron chi connectivity index (χ1n) is 6.53. The summed E-state index contributed by atoms with van der Waals surface area (Å²) in [7, 11) is 1.83. The molecule has 0 aliphatic carbocycles. The molecule has 2 aromatic rings. The van der Waals surface area contributed by atoms with Crippen LogP contribution >= 0.6 is 0 Å². The van der Waals surface area contributed by atoms with E-state index in [1.807, 2.05) is 13.2 Å². The average molecular weight is 262 g/mol. The summed E-state index contributed by atoms with van der Waals surface area (Å²) in [5, 5.41) is 3.15. The van der Waals surface area contributed by atoms with Crippen molar-refractivity contribution in [1.29, 1.82) is 0 Å². The van der Waals surface area contributed by atoms with Crippen LogP contribution in [0.15, 0.2) is 30.9 Å². The predicted molar refractivity (Wildman–Crippen MR) is 72.2 cm³/mol. The van der Waals surface area contributed by atoms with Gasteiger partial charge < -0.3 is 9.88 Å². The van der Waals surface area contributed by atoms with Gasteiger partial charge in [0.2, 0.25) is 0 Å². The Bertz CT molecular complexity index is 524. The summed E-state index contributed by atoms with van der Waals surface area (Å²) >= 11 is 0. The summed E-state index contributed by atoms with van der Waals surface area (Å²) in [5.74, 6) is 0.688. The fourth-order valence-electron chi connectivity index (χ4n) is 2.19. The Labute approximate surface area is 112 Å². The Hall–Kier alpha value is -1.75. The van der Waals surface area contributed by atoms with Crippen molar-refractivity contribution in [2.24, 2.45) is 0 Å². The molecule has 1 unspecified atom stereocenters. The van der Waals surface area contributed by atoms with Crippen LogP contribution in [0.1, 0.15) is 30.8 Å². The highest BCUT2D eigenvalue weighted by atomic mass is 19.1. The molecular formula is C14H19FN4. The molecule has 4 nitrogen and oxygen atoms in total. The summed E-state index contributed by atoms with van der Waals surface area (Å²) in [6, 6.07) is 1.62. The number of halogens is 1. The topological polar surface area (TPSA) is 42.7 Å². The van der Waals surface area contributed by atoms with E-state index in [0.717, 1.165) is 18.8 Å². The van der Waals surface area contributed by atoms with Gasteiger partial charge in [-0.05, 0) is 19.5 Å². The van der Waals surface area contributed by atoms with Crippen molar-refractivity contribution in [3.8, 4) is 0 Å². The zero-order valence-electron chi connectivity index (χ0n) is 11.3. The van der Waals surface area contributed by atoms with Crippen LogP contribution in [0.2, 0.25) is 0 Å². The molecule has 0 aliphatic rings. The number of aromatic nitrogens is 3. The lowest BCUT2D eigenvalue weighted by Gasteiger charge is -2.17. The van der Waals surface area contributed by atoms with Gasteiger partial charge in [0, 0.05) is 43.2 Å². The lowest BCUT2D eigenvalue weighted by Crippen LogP contribution is -2.22. The summed E-state index contributed by atoms with van der Waals surface area (Å²) in [4.78, 5) is 8.14. The Balaban J connectivity index is 2.19. The largest absolute Gasteiger partial charge is 0.335 e. The van der Waals surface area contributed by atoms with Crippen LogP contribution in [-0.4, -0.2) is 21.6 Å². The van der Waals surface area contributed by atoms with E-state index in [9.17, 15) is 4.39 Å². The van der Waals surface area contributed by atoms with E-state index in [1.54, 1.807) is 18.5 Å². The molecule has 0 radical (unpaired) electrons. The van der Waals surface area contributed by atoms with Crippen LogP contribution in [0, 0.1) is 5.82 Å². The van der Waals surface area contributed by atoms with Crippen molar-refractivity contribution >= 4 is 0 Å². The van der Waals surface area contributed by atoms with Crippen molar-refractivity contribution in [2.45, 2.75) is 32.4 Å². The minimum atomic E-state index is -0.282. The average Bonchev–Trinajstić information content (AvgIpc) is 2.85. The van der Waals surface area contributed by atoms with Crippen LogP contribution < -0.4 is 5.32 Å². The number of rotatable bonds is 6. The van der Waals surface area contributed by atoms with E-state index < -0.39 is 0 Å². The molecule has 19 heavy (non-hydrogen) atoms. The number of nitrogens with zero attached hydrogens (tertiary/aromatic N) is 3. The quantitative estimate of drug-likeness (QED) is 0.869. The van der Waals surface area contributed by atoms with Crippen LogP contribution in [0.5, 0.6) is 0 Å². The Morgan fingerprint density at radius 3 is 2.95 bits per heavy atom. The molecule has 2 heterocycles. The fourth-order valence-corrected chi connectivity index (χ4v) is 2.19. The summed E-state index contributed by atoms with van der Waals surface area (Å²) < 4.78 is 15.9. The number of nitrogens with one attached hydrogen (secondary N) is 1. The Morgan fingerprint density at radius 1 is 1.42 bits per heavy atom. The summed E-state index contributed by atoms with van der Waals surface area (Å²) in [6.07, 6.45) is 8.33. The molecule has 0 bridgehead atoms. The zero-order valence-corrected chi connectivity index (χ0v) is 11.3. The molecule has 5 heteroatoms. The van der Waals surface area contributed by atoms with Crippen LogP contribution in [0.3, 0.4) is 0 Å². The molecule has 102 valence electrons. The van der Waals surface area contributed by atoms with Gasteiger partial charge in [-0.3, -0.25) is 4.98 Å². The number of likely N-dealkylation sites (N-methyl/N-ethyl adjacent to an activating group) is 1. The maximum atomic E-state index is 13.8. The number of hydrogen-bond acceptors (Lipinski definition) is 3. The van der Waals surface area contributed by atoms with E-state index in [-0.39, 0.29) is 11.9 Å². The molecule has 0 amide bonds. The highest BCUT2D eigenvalue weighted by Crippen LogP contribution is 2.19. The number of hydrogen-bond donors (Lipinski definition) is 1. The maximum absolute atomic E-state index is 13.8. The van der Waals surface area contributed by atoms with Gasteiger partial charge in [-0.2, -0.15) is 0 Å². The van der Waals surface area contributed by atoms with Gasteiger partial charge in [-0.25, -0.2) is 9.37 Å². The van der Waals surface area contributed by atoms with Gasteiger partial charge in [-0.15, -0.1) is 0 Å². The first-order valence-corrected chi connectivity index (χ1v) is 6.53. The molecule has 0 fully saturated rings. The fraction of sp³-hybridized carbons (Fsp3) is 0.429. The first-order chi connectivity index (χ1) is 9.26. The highest BCUT2D eigenvalue weighted by molar-refractivity contribution is 5.19. The smallest absolute Gasteiger partial charge is 0.146 e. The normalized spacial score (nSPS) is 12.6. The summed E-state index contributed by atoms with van der Waals surface area (Å²) in [6.45, 7) is 3.06. The Morgan fingerprint density at radius 2 is 2.26 bits per heavy atom. The molecular weight excluding hydrogens is 243 g/mol. The van der Waals surface area contributed by atoms with E-state index in [1.165, 1.54) is 6.20 Å². The van der Waals surface area contributed by atoms with Crippen molar-refractivity contribution in [1.82, 2.24) is 19.9 Å². The van der Waals surface area contributed by atoms with Gasteiger partial charge in [0.15, 0.2) is 0 Å². The van der Waals surface area contributed by atoms with Crippen molar-refractivity contribution in [3.05, 3.63) is 48.1 Å². The first kappa shape index (κ1) is 13.7. The van der Waals surface area contributed by atoms with E-state index >= 15 is 0 Å². The van der Waals surface area contributed by atoms with Crippen LogP contribution in [-0.2, 0) is 13.0 Å². The van der Waals surface area contributed by atoms with E-state index in [0.29, 0.717) is 12.0 Å². The third-order valence-corrected chi connectivity index (χ3v) is 3.18. The second-order valence-corrected chi connectivity index (χ2v) is 4.48. The standard InChI is InChI=1S/C14H19FN4/c1-3-7-19-8-6-18-14(19)9-13(16-2)11-4-5-17-10-12(11)15/h4-6,8,10,13,16H,3,7,9H2,1-2H3. The SMILES string of the molecule is CCCn1ccnc1CC(NC)c1ccncc1F. The lowest BCUT2D eigenvalue weighted by atomic mass is 10.0. The third kappa shape index (κ3) is 3.17. The number of aryl methyl sites for hydroxylation is 1.